The third-order valence-corrected chi connectivity index (χ3v) is 6.26. The molecule has 2 aliphatic heterocycles. The number of amides is 1. The molecule has 2 aliphatic rings. The number of aryl methyl sites for hydroxylation is 1. The first-order valence-electron chi connectivity index (χ1n) is 9.20. The lowest BCUT2D eigenvalue weighted by Crippen LogP contribution is -2.40. The van der Waals surface area contributed by atoms with Crippen LogP contribution in [0.3, 0.4) is 0 Å². The van der Waals surface area contributed by atoms with E-state index in [2.05, 4.69) is 37.4 Å². The first-order chi connectivity index (χ1) is 12.2. The van der Waals surface area contributed by atoms with Gasteiger partial charge in [-0.05, 0) is 60.4 Å². The lowest BCUT2D eigenvalue weighted by molar-refractivity contribution is 0.0702. The molecular formula is C19H23IN4O. The zero-order valence-electron chi connectivity index (χ0n) is 14.3. The average molecular weight is 450 g/mol. The number of benzene rings is 1. The molecule has 0 N–H and O–H groups in total. The van der Waals surface area contributed by atoms with Crippen LogP contribution in [0.25, 0.3) is 0 Å². The average Bonchev–Trinajstić information content (AvgIpc) is 2.90. The maximum absolute atomic E-state index is 13.0. The highest BCUT2D eigenvalue weighted by Crippen LogP contribution is 2.29. The Hall–Kier alpha value is -1.44. The third kappa shape index (κ3) is 3.45. The summed E-state index contributed by atoms with van der Waals surface area (Å²) in [5.41, 5.74) is 0.809. The Bertz CT molecular complexity index is 773. The van der Waals surface area contributed by atoms with Crippen LogP contribution in [-0.2, 0) is 13.0 Å². The van der Waals surface area contributed by atoms with Crippen molar-refractivity contribution in [1.29, 1.82) is 0 Å². The van der Waals surface area contributed by atoms with Crippen LogP contribution in [0, 0.1) is 3.57 Å². The van der Waals surface area contributed by atoms with E-state index in [9.17, 15) is 4.79 Å². The fourth-order valence-corrected chi connectivity index (χ4v) is 4.61. The second kappa shape index (κ2) is 7.43. The van der Waals surface area contributed by atoms with E-state index in [1.54, 1.807) is 0 Å². The van der Waals surface area contributed by atoms with Crippen molar-refractivity contribution >= 4 is 28.5 Å². The van der Waals surface area contributed by atoms with E-state index in [4.69, 9.17) is 0 Å². The number of hydrogen-bond acceptors (Lipinski definition) is 3. The zero-order chi connectivity index (χ0) is 17.2. The van der Waals surface area contributed by atoms with Crippen LogP contribution in [-0.4, -0.2) is 38.7 Å². The van der Waals surface area contributed by atoms with E-state index in [0.717, 1.165) is 59.7 Å². The Morgan fingerprint density at radius 2 is 1.96 bits per heavy atom. The van der Waals surface area contributed by atoms with Gasteiger partial charge in [0.05, 0.1) is 5.56 Å². The molecule has 6 heteroatoms. The maximum Gasteiger partial charge on any atom is 0.254 e. The van der Waals surface area contributed by atoms with Crippen molar-refractivity contribution in [3.63, 3.8) is 0 Å². The highest BCUT2D eigenvalue weighted by atomic mass is 127. The Morgan fingerprint density at radius 3 is 2.84 bits per heavy atom. The van der Waals surface area contributed by atoms with Crippen LogP contribution < -0.4 is 0 Å². The van der Waals surface area contributed by atoms with Gasteiger partial charge in [0.1, 0.15) is 11.6 Å². The van der Waals surface area contributed by atoms with Gasteiger partial charge >= 0.3 is 0 Å². The summed E-state index contributed by atoms with van der Waals surface area (Å²) in [6, 6.07) is 7.84. The van der Waals surface area contributed by atoms with E-state index in [-0.39, 0.29) is 5.91 Å². The lowest BCUT2D eigenvalue weighted by Gasteiger charge is -2.32. The van der Waals surface area contributed by atoms with Gasteiger partial charge in [0.25, 0.3) is 5.91 Å². The molecule has 0 unspecified atom stereocenters. The van der Waals surface area contributed by atoms with E-state index in [0.29, 0.717) is 5.92 Å². The van der Waals surface area contributed by atoms with Crippen molar-refractivity contribution in [2.45, 2.75) is 51.0 Å². The first kappa shape index (κ1) is 17.0. The number of carbonyl (C=O) groups excluding carboxylic acids is 1. The Kier molecular flexibility index (Phi) is 5.05. The summed E-state index contributed by atoms with van der Waals surface area (Å²) in [6.45, 7) is 2.61. The Balaban J connectivity index is 1.55. The van der Waals surface area contributed by atoms with Crippen LogP contribution in [0.2, 0.25) is 0 Å². The minimum Gasteiger partial charge on any atom is -0.338 e. The number of rotatable bonds is 2. The van der Waals surface area contributed by atoms with Crippen LogP contribution in [0.15, 0.2) is 24.3 Å². The van der Waals surface area contributed by atoms with E-state index >= 15 is 0 Å². The van der Waals surface area contributed by atoms with E-state index < -0.39 is 0 Å². The molecular weight excluding hydrogens is 427 g/mol. The van der Waals surface area contributed by atoms with Crippen LogP contribution in [0.1, 0.15) is 60.0 Å². The monoisotopic (exact) mass is 450 g/mol. The summed E-state index contributed by atoms with van der Waals surface area (Å²) < 4.78 is 3.35. The fourth-order valence-electron chi connectivity index (χ4n) is 3.99. The predicted molar refractivity (Wildman–Crippen MR) is 105 cm³/mol. The number of fused-ring (bicyclic) bond motifs is 1. The topological polar surface area (TPSA) is 51.0 Å². The van der Waals surface area contributed by atoms with Crippen LogP contribution in [0.4, 0.5) is 0 Å². The first-order valence-corrected chi connectivity index (χ1v) is 10.3. The summed E-state index contributed by atoms with van der Waals surface area (Å²) in [6.07, 6.45) is 6.83. The zero-order valence-corrected chi connectivity index (χ0v) is 16.5. The van der Waals surface area contributed by atoms with Gasteiger partial charge in [-0.15, -0.1) is 10.2 Å². The van der Waals surface area contributed by atoms with Crippen LogP contribution >= 0.6 is 22.6 Å². The second-order valence-corrected chi connectivity index (χ2v) is 8.17. The van der Waals surface area contributed by atoms with Gasteiger partial charge in [-0.25, -0.2) is 0 Å². The number of halogens is 1. The largest absolute Gasteiger partial charge is 0.338 e. The molecule has 1 aromatic heterocycles. The number of likely N-dealkylation sites (tertiary alicyclic amines) is 1. The van der Waals surface area contributed by atoms with E-state index in [1.807, 2.05) is 29.2 Å². The SMILES string of the molecule is O=C(c1ccccc1I)N1CCC[C@H](c2nnc3n2CCCCC3)C1. The lowest BCUT2D eigenvalue weighted by atomic mass is 9.96. The number of aromatic nitrogens is 3. The van der Waals surface area contributed by atoms with Crippen LogP contribution in [0.5, 0.6) is 0 Å². The predicted octanol–water partition coefficient (Wildman–Crippen LogP) is 3.63. The maximum atomic E-state index is 13.0. The molecule has 3 heterocycles. The van der Waals surface area contributed by atoms with Gasteiger partial charge in [0.2, 0.25) is 0 Å². The summed E-state index contributed by atoms with van der Waals surface area (Å²) in [5, 5.41) is 8.96. The van der Waals surface area contributed by atoms with Gasteiger partial charge in [0.15, 0.2) is 0 Å². The van der Waals surface area contributed by atoms with Gasteiger partial charge in [-0.2, -0.15) is 0 Å². The van der Waals surface area contributed by atoms with Gasteiger partial charge in [-0.3, -0.25) is 4.79 Å². The quantitative estimate of drug-likeness (QED) is 0.657. The summed E-state index contributed by atoms with van der Waals surface area (Å²) >= 11 is 2.25. The van der Waals surface area contributed by atoms with E-state index in [1.165, 1.54) is 19.3 Å². The highest BCUT2D eigenvalue weighted by molar-refractivity contribution is 14.1. The Morgan fingerprint density at radius 1 is 1.08 bits per heavy atom. The smallest absolute Gasteiger partial charge is 0.254 e. The standard InChI is InChI=1S/C19H23IN4O/c20-16-9-4-3-8-15(16)19(25)23-11-6-7-14(13-23)18-22-21-17-10-2-1-5-12-24(17)18/h3-4,8-9,14H,1-2,5-7,10-13H2/t14-/m0/s1. The van der Waals surface area contributed by atoms with Crippen molar-refractivity contribution < 1.29 is 4.79 Å². The molecule has 1 aromatic carbocycles. The summed E-state index contributed by atoms with van der Waals surface area (Å²) in [7, 11) is 0. The fraction of sp³-hybridized carbons (Fsp3) is 0.526. The molecule has 1 amide bonds. The van der Waals surface area contributed by atoms with Gasteiger partial charge in [0, 0.05) is 35.5 Å². The molecule has 25 heavy (non-hydrogen) atoms. The molecule has 2 aromatic rings. The third-order valence-electron chi connectivity index (χ3n) is 5.32. The van der Waals surface area contributed by atoms with Gasteiger partial charge < -0.3 is 9.47 Å². The molecule has 0 saturated carbocycles. The molecule has 5 nitrogen and oxygen atoms in total. The molecule has 0 radical (unpaired) electrons. The number of piperidine rings is 1. The minimum absolute atomic E-state index is 0.144. The molecule has 0 aliphatic carbocycles. The number of hydrogen-bond donors (Lipinski definition) is 0. The molecule has 1 fully saturated rings. The Labute approximate surface area is 162 Å². The molecule has 0 bridgehead atoms. The number of carbonyl (C=O) groups is 1. The van der Waals surface area contributed by atoms with Crippen molar-refractivity contribution in [3.05, 3.63) is 45.0 Å². The normalized spacial score (nSPS) is 20.8. The van der Waals surface area contributed by atoms with Crippen molar-refractivity contribution in [1.82, 2.24) is 19.7 Å². The van der Waals surface area contributed by atoms with Crippen molar-refractivity contribution in [2.75, 3.05) is 13.1 Å². The molecule has 1 atom stereocenters. The van der Waals surface area contributed by atoms with Crippen molar-refractivity contribution in [2.24, 2.45) is 0 Å². The number of nitrogens with zero attached hydrogens (tertiary/aromatic N) is 4. The van der Waals surface area contributed by atoms with Gasteiger partial charge in [-0.1, -0.05) is 18.6 Å². The molecule has 0 spiro atoms. The molecule has 132 valence electrons. The minimum atomic E-state index is 0.144. The summed E-state index contributed by atoms with van der Waals surface area (Å²) in [5.74, 6) is 2.68. The van der Waals surface area contributed by atoms with Crippen molar-refractivity contribution in [3.8, 4) is 0 Å². The molecule has 1 saturated heterocycles. The highest BCUT2D eigenvalue weighted by Gasteiger charge is 2.30. The summed E-state index contributed by atoms with van der Waals surface area (Å²) in [4.78, 5) is 15.0. The second-order valence-electron chi connectivity index (χ2n) is 7.01. The molecule has 4 rings (SSSR count).